The van der Waals surface area contributed by atoms with Crippen molar-refractivity contribution in [3.05, 3.63) is 41.8 Å². The largest absolute Gasteiger partial charge is 0.339 e. The average Bonchev–Trinajstić information content (AvgIpc) is 3.18. The molecule has 1 aliphatic carbocycles. The topological polar surface area (TPSA) is 72.1 Å². The molecule has 1 aliphatic heterocycles. The van der Waals surface area contributed by atoms with E-state index in [1.54, 1.807) is 24.5 Å². The van der Waals surface area contributed by atoms with Gasteiger partial charge in [0.15, 0.2) is 5.82 Å². The average molecular weight is 368 g/mol. The normalized spacial score (nSPS) is 23.3. The number of amides is 1. The Kier molecular flexibility index (Phi) is 4.98. The number of nitrogens with zero attached hydrogens (tertiary/aromatic N) is 4. The molecular formula is C21H28N4O2. The van der Waals surface area contributed by atoms with E-state index in [0.29, 0.717) is 29.3 Å². The fourth-order valence-electron chi connectivity index (χ4n) is 4.28. The van der Waals surface area contributed by atoms with E-state index < -0.39 is 0 Å². The monoisotopic (exact) mass is 368 g/mol. The molecule has 27 heavy (non-hydrogen) atoms. The summed E-state index contributed by atoms with van der Waals surface area (Å²) in [6.45, 7) is 6.08. The van der Waals surface area contributed by atoms with Crippen molar-refractivity contribution in [1.82, 2.24) is 20.0 Å². The van der Waals surface area contributed by atoms with Gasteiger partial charge in [0, 0.05) is 37.0 Å². The lowest BCUT2D eigenvalue weighted by Crippen LogP contribution is -2.39. The highest BCUT2D eigenvalue weighted by atomic mass is 16.5. The van der Waals surface area contributed by atoms with Gasteiger partial charge < -0.3 is 9.42 Å². The third kappa shape index (κ3) is 4.04. The van der Waals surface area contributed by atoms with Crippen LogP contribution in [0.25, 0.3) is 0 Å². The van der Waals surface area contributed by atoms with Crippen molar-refractivity contribution >= 4 is 5.91 Å². The maximum atomic E-state index is 12.7. The molecule has 144 valence electrons. The number of aromatic nitrogens is 3. The van der Waals surface area contributed by atoms with Crippen LogP contribution in [0.3, 0.4) is 0 Å². The van der Waals surface area contributed by atoms with Crippen molar-refractivity contribution < 1.29 is 9.32 Å². The van der Waals surface area contributed by atoms with Crippen LogP contribution >= 0.6 is 0 Å². The summed E-state index contributed by atoms with van der Waals surface area (Å²) in [5.41, 5.74) is 1.11. The molecule has 1 unspecified atom stereocenters. The van der Waals surface area contributed by atoms with Crippen LogP contribution in [0.1, 0.15) is 86.3 Å². The number of carbonyl (C=O) groups excluding carboxylic acids is 1. The molecule has 6 heteroatoms. The molecule has 1 atom stereocenters. The Morgan fingerprint density at radius 3 is 2.63 bits per heavy atom. The number of piperidine rings is 1. The molecule has 0 radical (unpaired) electrons. The van der Waals surface area contributed by atoms with Crippen LogP contribution in [-0.4, -0.2) is 39.0 Å². The van der Waals surface area contributed by atoms with Crippen molar-refractivity contribution in [3.8, 4) is 0 Å². The van der Waals surface area contributed by atoms with E-state index in [1.165, 1.54) is 12.8 Å². The molecule has 4 rings (SSSR count). The lowest BCUT2D eigenvalue weighted by Gasteiger charge is -2.33. The Bertz CT molecular complexity index is 776. The van der Waals surface area contributed by atoms with Crippen molar-refractivity contribution in [2.45, 2.75) is 64.2 Å². The second-order valence-electron chi connectivity index (χ2n) is 8.76. The molecule has 2 aliphatic rings. The predicted molar refractivity (Wildman–Crippen MR) is 101 cm³/mol. The highest BCUT2D eigenvalue weighted by Gasteiger charge is 2.33. The summed E-state index contributed by atoms with van der Waals surface area (Å²) in [6.07, 6.45) is 9.93. The van der Waals surface area contributed by atoms with Gasteiger partial charge in [0.05, 0.1) is 5.92 Å². The summed E-state index contributed by atoms with van der Waals surface area (Å²) in [4.78, 5) is 23.4. The van der Waals surface area contributed by atoms with Crippen LogP contribution in [0.4, 0.5) is 0 Å². The summed E-state index contributed by atoms with van der Waals surface area (Å²) in [5.74, 6) is 2.15. The molecule has 0 aromatic carbocycles. The van der Waals surface area contributed by atoms with E-state index in [0.717, 1.165) is 38.1 Å². The third-order valence-corrected chi connectivity index (χ3v) is 6.15. The predicted octanol–water partition coefficient (Wildman–Crippen LogP) is 4.17. The highest BCUT2D eigenvalue weighted by molar-refractivity contribution is 5.94. The molecule has 2 fully saturated rings. The second kappa shape index (κ2) is 7.41. The van der Waals surface area contributed by atoms with E-state index >= 15 is 0 Å². The lowest BCUT2D eigenvalue weighted by molar-refractivity contribution is 0.0695. The van der Waals surface area contributed by atoms with E-state index in [4.69, 9.17) is 9.51 Å². The Balaban J connectivity index is 1.42. The van der Waals surface area contributed by atoms with Gasteiger partial charge >= 0.3 is 0 Å². The molecular weight excluding hydrogens is 340 g/mol. The summed E-state index contributed by atoms with van der Waals surface area (Å²) in [5, 5.41) is 4.29. The Morgan fingerprint density at radius 2 is 1.89 bits per heavy atom. The molecule has 1 amide bonds. The smallest absolute Gasteiger partial charge is 0.253 e. The minimum Gasteiger partial charge on any atom is -0.339 e. The molecule has 0 spiro atoms. The van der Waals surface area contributed by atoms with Crippen molar-refractivity contribution in [3.63, 3.8) is 0 Å². The molecule has 1 saturated heterocycles. The van der Waals surface area contributed by atoms with Crippen LogP contribution in [0.15, 0.2) is 29.0 Å². The van der Waals surface area contributed by atoms with Gasteiger partial charge in [0.25, 0.3) is 5.91 Å². The van der Waals surface area contributed by atoms with Crippen LogP contribution in [0.2, 0.25) is 0 Å². The first kappa shape index (κ1) is 18.1. The summed E-state index contributed by atoms with van der Waals surface area (Å²) in [7, 11) is 0. The number of carbonyl (C=O) groups is 1. The quantitative estimate of drug-likeness (QED) is 0.813. The van der Waals surface area contributed by atoms with E-state index in [2.05, 4.69) is 24.0 Å². The first-order valence-electron chi connectivity index (χ1n) is 10.0. The van der Waals surface area contributed by atoms with Gasteiger partial charge in [0.2, 0.25) is 5.89 Å². The fourth-order valence-corrected chi connectivity index (χ4v) is 4.28. The zero-order chi connectivity index (χ0) is 18.9. The fraction of sp³-hybridized carbons (Fsp3) is 0.619. The zero-order valence-electron chi connectivity index (χ0n) is 16.2. The Hall–Kier alpha value is -2.24. The molecule has 2 aromatic rings. The van der Waals surface area contributed by atoms with Gasteiger partial charge in [-0.1, -0.05) is 19.0 Å². The minimum atomic E-state index is 0.0522. The van der Waals surface area contributed by atoms with Gasteiger partial charge in [0.1, 0.15) is 0 Å². The van der Waals surface area contributed by atoms with Crippen LogP contribution in [0.5, 0.6) is 0 Å². The summed E-state index contributed by atoms with van der Waals surface area (Å²) >= 11 is 0. The number of hydrogen-bond acceptors (Lipinski definition) is 5. The minimum absolute atomic E-state index is 0.0522. The summed E-state index contributed by atoms with van der Waals surface area (Å²) in [6, 6.07) is 3.53. The molecule has 0 N–H and O–H groups in total. The highest BCUT2D eigenvalue weighted by Crippen LogP contribution is 2.41. The molecule has 0 bridgehead atoms. The van der Waals surface area contributed by atoms with Gasteiger partial charge in [-0.15, -0.1) is 0 Å². The molecule has 2 aromatic heterocycles. The van der Waals surface area contributed by atoms with Crippen LogP contribution in [0, 0.1) is 5.41 Å². The molecule has 1 saturated carbocycles. The Morgan fingerprint density at radius 1 is 1.15 bits per heavy atom. The summed E-state index contributed by atoms with van der Waals surface area (Å²) < 4.78 is 5.63. The van der Waals surface area contributed by atoms with E-state index in [1.807, 2.05) is 4.90 Å². The van der Waals surface area contributed by atoms with Gasteiger partial charge in [-0.05, 0) is 56.1 Å². The van der Waals surface area contributed by atoms with Crippen molar-refractivity contribution in [2.75, 3.05) is 13.1 Å². The lowest BCUT2D eigenvalue weighted by atomic mass is 9.73. The van der Waals surface area contributed by atoms with E-state index in [-0.39, 0.29) is 11.8 Å². The number of hydrogen-bond donors (Lipinski definition) is 0. The van der Waals surface area contributed by atoms with Crippen molar-refractivity contribution in [1.29, 1.82) is 0 Å². The standard InChI is InChI=1S/C21H28N4O2/c1-21(2)9-5-15(6-10-21)18-23-19(27-24-18)17-4-3-13-25(14-17)20(26)16-7-11-22-12-8-16/h7-8,11-12,15,17H,3-6,9-10,13-14H2,1-2H3. The molecule has 6 nitrogen and oxygen atoms in total. The van der Waals surface area contributed by atoms with Gasteiger partial charge in [-0.2, -0.15) is 4.98 Å². The first-order chi connectivity index (χ1) is 13.0. The van der Waals surface area contributed by atoms with Gasteiger partial charge in [-0.25, -0.2) is 0 Å². The Labute approximate surface area is 160 Å². The van der Waals surface area contributed by atoms with Crippen LogP contribution in [-0.2, 0) is 0 Å². The van der Waals surface area contributed by atoms with Crippen LogP contribution < -0.4 is 0 Å². The zero-order valence-corrected chi connectivity index (χ0v) is 16.2. The third-order valence-electron chi connectivity index (χ3n) is 6.15. The number of likely N-dealkylation sites (tertiary alicyclic amines) is 1. The molecule has 3 heterocycles. The number of rotatable bonds is 3. The number of pyridine rings is 1. The maximum absolute atomic E-state index is 12.7. The first-order valence-corrected chi connectivity index (χ1v) is 10.0. The second-order valence-corrected chi connectivity index (χ2v) is 8.76. The van der Waals surface area contributed by atoms with E-state index in [9.17, 15) is 4.79 Å². The SMILES string of the molecule is CC1(C)CCC(c2noc(C3CCCN(C(=O)c4ccncc4)C3)n2)CC1. The van der Waals surface area contributed by atoms with Crippen molar-refractivity contribution in [2.24, 2.45) is 5.41 Å². The maximum Gasteiger partial charge on any atom is 0.253 e. The van der Waals surface area contributed by atoms with Gasteiger partial charge in [-0.3, -0.25) is 9.78 Å².